The Hall–Kier alpha value is 1.76. The Labute approximate surface area is 229 Å². The molecule has 0 aliphatic carbocycles. The molecule has 0 aliphatic rings. The van der Waals surface area contributed by atoms with Crippen LogP contribution in [-0.2, 0) is 50.5 Å². The molecule has 0 aromatic carbocycles. The second-order valence-corrected chi connectivity index (χ2v) is 8.77. The van der Waals surface area contributed by atoms with E-state index in [0.717, 1.165) is 0 Å². The predicted molar refractivity (Wildman–Crippen MR) is 135 cm³/mol. The average molecular weight is 713 g/mol. The van der Waals surface area contributed by atoms with Gasteiger partial charge in [-0.25, -0.2) is 0 Å². The first kappa shape index (κ1) is 37.5. The van der Waals surface area contributed by atoms with Crippen LogP contribution in [0.15, 0.2) is 0 Å². The molecule has 0 aromatic heterocycles. The van der Waals surface area contributed by atoms with E-state index in [-0.39, 0.29) is 39.9 Å². The van der Waals surface area contributed by atoms with E-state index >= 15 is 0 Å². The standard InChI is InChI=1S/4C3H7NS2.Th/c4*1-4(2)3(5)6;/h4*1-2H3,(H,5,6);/q;;;;+4/p-4. The second kappa shape index (κ2) is 23.8. The molecule has 0 aromatic rings. The van der Waals surface area contributed by atoms with E-state index < -0.39 is 0 Å². The van der Waals surface area contributed by atoms with Crippen molar-refractivity contribution in [2.75, 3.05) is 56.4 Å². The molecule has 25 heavy (non-hydrogen) atoms. The minimum Gasteiger partial charge on any atom is -0.411 e. The first-order valence-electron chi connectivity index (χ1n) is 6.11. The zero-order valence-corrected chi connectivity index (χ0v) is 26.2. The maximum atomic E-state index is 4.56. The fraction of sp³-hybridized carbons (Fsp3) is 0.667. The molecule has 0 unspecified atom stereocenters. The molecule has 0 aliphatic heterocycles. The first-order chi connectivity index (χ1) is 10.6. The van der Waals surface area contributed by atoms with Gasteiger partial charge < -0.3 is 119 Å². The average Bonchev–Trinajstić information content (AvgIpc) is 2.40. The van der Waals surface area contributed by atoms with Crippen molar-refractivity contribution in [3.05, 3.63) is 0 Å². The number of thiocarbonyl (C=S) groups is 4. The van der Waals surface area contributed by atoms with Gasteiger partial charge in [0.2, 0.25) is 0 Å². The fourth-order valence-corrected chi connectivity index (χ4v) is 0. The van der Waals surface area contributed by atoms with Crippen LogP contribution in [0.25, 0.3) is 0 Å². The van der Waals surface area contributed by atoms with E-state index in [1.54, 1.807) is 19.6 Å². The number of hydrogen-bond donors (Lipinski definition) is 0. The van der Waals surface area contributed by atoms with Crippen molar-refractivity contribution >= 4 is 117 Å². The summed E-state index contributed by atoms with van der Waals surface area (Å²) < 4.78 is 2.04. The van der Waals surface area contributed by atoms with Crippen molar-refractivity contribution in [2.45, 2.75) is 0 Å². The Balaban J connectivity index is -0.0000000702. The largest absolute Gasteiger partial charge is 4.00 e. The van der Waals surface area contributed by atoms with Crippen LogP contribution in [0.2, 0.25) is 0 Å². The monoisotopic (exact) mass is 712 g/mol. The molecule has 13 heteroatoms. The maximum Gasteiger partial charge on any atom is 4.00 e. The van der Waals surface area contributed by atoms with Gasteiger partial charge in [0.25, 0.3) is 0 Å². The first-order valence-corrected chi connectivity index (χ1v) is 9.37. The van der Waals surface area contributed by atoms with Gasteiger partial charge in [-0.1, -0.05) is 17.3 Å². The summed E-state index contributed by atoms with van der Waals surface area (Å²) in [5.41, 5.74) is 0. The third-order valence-corrected chi connectivity index (χ3v) is 4.38. The minimum atomic E-state index is 0. The van der Waals surface area contributed by atoms with Gasteiger partial charge in [-0.2, -0.15) is 0 Å². The zero-order valence-electron chi connectivity index (χ0n) is 15.6. The van der Waals surface area contributed by atoms with Gasteiger partial charge in [-0.3, -0.25) is 0 Å². The van der Waals surface area contributed by atoms with Crippen molar-refractivity contribution in [3.63, 3.8) is 0 Å². The summed E-state index contributed by atoms with van der Waals surface area (Å²) in [5, 5.41) is 0. The van der Waals surface area contributed by atoms with E-state index in [1.807, 2.05) is 56.4 Å². The smallest absolute Gasteiger partial charge is 0.411 e. The van der Waals surface area contributed by atoms with Crippen molar-refractivity contribution < 1.29 is 39.9 Å². The van der Waals surface area contributed by atoms with E-state index in [4.69, 9.17) is 0 Å². The molecule has 0 saturated carbocycles. The molecule has 0 bridgehead atoms. The molecular weight excluding hydrogens is 689 g/mol. The van der Waals surface area contributed by atoms with E-state index in [0.29, 0.717) is 17.3 Å². The molecule has 0 heterocycles. The summed E-state index contributed by atoms with van der Waals surface area (Å²) in [6.07, 6.45) is 0. The van der Waals surface area contributed by atoms with Gasteiger partial charge >= 0.3 is 39.9 Å². The molecule has 0 fully saturated rings. The molecule has 0 radical (unpaired) electrons. The summed E-state index contributed by atoms with van der Waals surface area (Å²) >= 11 is 36.5. The minimum absolute atomic E-state index is 0. The quantitative estimate of drug-likeness (QED) is 0.268. The molecule has 4 nitrogen and oxygen atoms in total. The van der Waals surface area contributed by atoms with Gasteiger partial charge in [-0.15, -0.1) is 0 Å². The molecule has 0 amide bonds. The van der Waals surface area contributed by atoms with Crippen LogP contribution in [0.3, 0.4) is 0 Å². The van der Waals surface area contributed by atoms with Gasteiger partial charge in [0.05, 0.1) is 0 Å². The molecule has 0 rings (SSSR count). The Bertz CT molecular complexity index is 317. The van der Waals surface area contributed by atoms with Crippen molar-refractivity contribution in [1.82, 2.24) is 19.6 Å². The third-order valence-electron chi connectivity index (χ3n) is 1.46. The summed E-state index contributed by atoms with van der Waals surface area (Å²) in [4.78, 5) is 6.85. The van der Waals surface area contributed by atoms with Crippen LogP contribution >= 0.6 is 48.9 Å². The summed E-state index contributed by atoms with van der Waals surface area (Å²) in [6.45, 7) is 0. The van der Waals surface area contributed by atoms with E-state index in [2.05, 4.69) is 99.4 Å². The van der Waals surface area contributed by atoms with Crippen LogP contribution in [0.4, 0.5) is 0 Å². The van der Waals surface area contributed by atoms with Crippen molar-refractivity contribution in [3.8, 4) is 0 Å². The van der Waals surface area contributed by atoms with Gasteiger partial charge in [0.15, 0.2) is 0 Å². The van der Waals surface area contributed by atoms with Crippen LogP contribution in [0.5, 0.6) is 0 Å². The molecule has 0 N–H and O–H groups in total. The van der Waals surface area contributed by atoms with Crippen LogP contribution < -0.4 is 0 Å². The number of nitrogens with zero attached hydrogens (tertiary/aromatic N) is 4. The topological polar surface area (TPSA) is 13.0 Å². The molecule has 0 saturated heterocycles. The maximum absolute atomic E-state index is 4.56. The van der Waals surface area contributed by atoms with Crippen molar-refractivity contribution in [1.29, 1.82) is 0 Å². The molecule has 0 atom stereocenters. The SMILES string of the molecule is CN(C)C(=S)[S-].CN(C)C(=S)[S-].CN(C)C(=S)[S-].CN(C)C(=S)[S-].[Th+4]. The van der Waals surface area contributed by atoms with Crippen LogP contribution in [-0.4, -0.2) is 93.3 Å². The predicted octanol–water partition coefficient (Wildman–Crippen LogP) is 1.52. The third kappa shape index (κ3) is 46.1. The molecule has 0 spiro atoms. The molecule has 144 valence electrons. The fourth-order valence-electron chi connectivity index (χ4n) is 0. The number of hydrogen-bond acceptors (Lipinski definition) is 8. The summed E-state index contributed by atoms with van der Waals surface area (Å²) in [5.74, 6) is 0. The number of rotatable bonds is 0. The van der Waals surface area contributed by atoms with Gasteiger partial charge in [-0.05, 0) is 0 Å². The summed E-state index contributed by atoms with van der Waals surface area (Å²) in [7, 11) is 14.6. The van der Waals surface area contributed by atoms with Crippen molar-refractivity contribution in [2.24, 2.45) is 0 Å². The normalized spacial score (nSPS) is 7.36. The molecular formula is C12H24N4S8Th. The van der Waals surface area contributed by atoms with E-state index in [9.17, 15) is 0 Å². The zero-order chi connectivity index (χ0) is 20.6. The Morgan fingerprint density at radius 1 is 0.440 bits per heavy atom. The van der Waals surface area contributed by atoms with Gasteiger partial charge in [0, 0.05) is 56.4 Å². The Morgan fingerprint density at radius 3 is 0.480 bits per heavy atom. The van der Waals surface area contributed by atoms with Crippen LogP contribution in [0, 0.1) is 39.9 Å². The Morgan fingerprint density at radius 2 is 0.480 bits per heavy atom. The van der Waals surface area contributed by atoms with Crippen LogP contribution in [0.1, 0.15) is 0 Å². The summed E-state index contributed by atoms with van der Waals surface area (Å²) in [6, 6.07) is 0. The second-order valence-electron chi connectivity index (χ2n) is 4.64. The Kier molecular flexibility index (Phi) is 35.7. The van der Waals surface area contributed by atoms with Gasteiger partial charge in [0.1, 0.15) is 0 Å². The van der Waals surface area contributed by atoms with E-state index in [1.165, 1.54) is 0 Å².